The van der Waals surface area contributed by atoms with Crippen molar-refractivity contribution in [2.75, 3.05) is 26.4 Å². The third kappa shape index (κ3) is 42.8. The molecule has 0 spiro atoms. The van der Waals surface area contributed by atoms with E-state index in [4.69, 9.17) is 19.1 Å². The molecule has 0 bridgehead atoms. The van der Waals surface area contributed by atoms with Crippen LogP contribution in [-0.4, -0.2) is 65.7 Å². The second-order valence-corrected chi connectivity index (χ2v) is 15.8. The fourth-order valence-corrected chi connectivity index (χ4v) is 6.13. The highest BCUT2D eigenvalue weighted by molar-refractivity contribution is 7.47. The second-order valence-electron chi connectivity index (χ2n) is 14.3. The molecule has 0 saturated heterocycles. The molecule has 10 nitrogen and oxygen atoms in total. The largest absolute Gasteiger partial charge is 0.472 e. The van der Waals surface area contributed by atoms with Crippen LogP contribution in [0.5, 0.6) is 0 Å². The summed E-state index contributed by atoms with van der Waals surface area (Å²) >= 11 is 0. The average molecular weight is 847 g/mol. The Labute approximate surface area is 357 Å². The smallest absolute Gasteiger partial charge is 0.462 e. The van der Waals surface area contributed by atoms with E-state index >= 15 is 0 Å². The fraction of sp³-hybridized carbons (Fsp3) is 0.625. The van der Waals surface area contributed by atoms with Crippen LogP contribution in [0.1, 0.15) is 155 Å². The van der Waals surface area contributed by atoms with Gasteiger partial charge in [0.25, 0.3) is 0 Å². The van der Waals surface area contributed by atoms with Crippen molar-refractivity contribution < 1.29 is 47.8 Å². The third-order valence-corrected chi connectivity index (χ3v) is 9.69. The minimum absolute atomic E-state index is 0.109. The number of aliphatic hydroxyl groups is 2. The average Bonchev–Trinajstić information content (AvgIpc) is 3.22. The van der Waals surface area contributed by atoms with Crippen LogP contribution in [0.4, 0.5) is 0 Å². The van der Waals surface area contributed by atoms with E-state index in [1.807, 2.05) is 12.2 Å². The Bertz CT molecular complexity index is 1300. The van der Waals surface area contributed by atoms with Crippen LogP contribution in [-0.2, 0) is 32.7 Å². The van der Waals surface area contributed by atoms with Gasteiger partial charge in [-0.1, -0.05) is 156 Å². The Balaban J connectivity index is 4.44. The standard InChI is InChI=1S/C48H79O10P/c1-3-5-7-9-11-13-15-17-19-21-22-24-25-27-29-31-33-35-37-39-47(51)55-43-46(44-57-59(53,54)56-42-45(50)41-49)58-48(52)40-38-36-34-32-30-28-26-23-20-18-16-14-12-10-8-6-4-2/h5,7,11-14,17-20,22,24,27,29,33,35,45-46,49-50H,3-4,6,8-10,15-16,21,23,25-26,28,30-32,34,36-44H2,1-2H3,(H,53,54)/b7-5+,13-11+,14-12+,19-17+,20-18+,24-22+,29-27+,35-33+/t45-,46+/m0/s1. The van der Waals surface area contributed by atoms with Crippen molar-refractivity contribution in [3.05, 3.63) is 97.2 Å². The first kappa shape index (κ1) is 55.9. The molecular formula is C48H79O10P. The summed E-state index contributed by atoms with van der Waals surface area (Å²) in [6.45, 7) is 2.13. The van der Waals surface area contributed by atoms with Gasteiger partial charge in [-0.3, -0.25) is 18.6 Å². The molecule has 0 aromatic carbocycles. The lowest BCUT2D eigenvalue weighted by Crippen LogP contribution is -2.29. The lowest BCUT2D eigenvalue weighted by Gasteiger charge is -2.20. The molecule has 0 fully saturated rings. The number of carbonyl (C=O) groups excluding carboxylic acids is 2. The predicted octanol–water partition coefficient (Wildman–Crippen LogP) is 12.0. The van der Waals surface area contributed by atoms with E-state index < -0.39 is 51.8 Å². The summed E-state index contributed by atoms with van der Waals surface area (Å²) < 4.78 is 32.6. The quantitative estimate of drug-likeness (QED) is 0.0235. The number of ether oxygens (including phenoxy) is 2. The molecule has 0 aromatic heterocycles. The molecule has 0 aliphatic rings. The van der Waals surface area contributed by atoms with Crippen molar-refractivity contribution in [3.63, 3.8) is 0 Å². The Morgan fingerprint density at radius 1 is 0.525 bits per heavy atom. The van der Waals surface area contributed by atoms with E-state index in [1.165, 1.54) is 38.5 Å². The van der Waals surface area contributed by atoms with Crippen LogP contribution < -0.4 is 0 Å². The highest BCUT2D eigenvalue weighted by atomic mass is 31.2. The Morgan fingerprint density at radius 3 is 1.47 bits per heavy atom. The maximum atomic E-state index is 12.6. The zero-order valence-corrected chi connectivity index (χ0v) is 37.3. The zero-order chi connectivity index (χ0) is 43.3. The van der Waals surface area contributed by atoms with Crippen molar-refractivity contribution >= 4 is 19.8 Å². The molecule has 3 N–H and O–H groups in total. The first-order valence-corrected chi connectivity index (χ1v) is 23.7. The van der Waals surface area contributed by atoms with Crippen LogP contribution in [0, 0.1) is 0 Å². The number of esters is 2. The van der Waals surface area contributed by atoms with Crippen molar-refractivity contribution in [2.45, 2.75) is 167 Å². The van der Waals surface area contributed by atoms with Crippen LogP contribution in [0.3, 0.4) is 0 Å². The first-order chi connectivity index (χ1) is 28.7. The van der Waals surface area contributed by atoms with Gasteiger partial charge < -0.3 is 24.6 Å². The number of phosphoric acid groups is 1. The molecule has 336 valence electrons. The molecular weight excluding hydrogens is 767 g/mol. The molecule has 1 unspecified atom stereocenters. The van der Waals surface area contributed by atoms with Crippen molar-refractivity contribution in [2.24, 2.45) is 0 Å². The van der Waals surface area contributed by atoms with Crippen LogP contribution in [0.25, 0.3) is 0 Å². The minimum Gasteiger partial charge on any atom is -0.462 e. The van der Waals surface area contributed by atoms with E-state index in [0.717, 1.165) is 77.0 Å². The van der Waals surface area contributed by atoms with E-state index in [-0.39, 0.29) is 19.4 Å². The Kier molecular flexibility index (Phi) is 40.7. The molecule has 0 heterocycles. The lowest BCUT2D eigenvalue weighted by atomic mass is 10.1. The van der Waals surface area contributed by atoms with Gasteiger partial charge in [0.15, 0.2) is 6.10 Å². The van der Waals surface area contributed by atoms with Gasteiger partial charge in [0, 0.05) is 12.8 Å². The van der Waals surface area contributed by atoms with Crippen molar-refractivity contribution in [3.8, 4) is 0 Å². The molecule has 0 aliphatic carbocycles. The van der Waals surface area contributed by atoms with Gasteiger partial charge >= 0.3 is 19.8 Å². The normalized spacial score (nSPS) is 14.7. The van der Waals surface area contributed by atoms with Gasteiger partial charge in [-0.2, -0.15) is 0 Å². The molecule has 0 radical (unpaired) electrons. The van der Waals surface area contributed by atoms with Crippen molar-refractivity contribution in [1.82, 2.24) is 0 Å². The number of aliphatic hydroxyl groups excluding tert-OH is 2. The SMILES string of the molecule is CC/C=C/C/C=C/C/C=C/C/C=C/C/C=C/C/C=C/CCC(=O)OC[C@H](COP(=O)(O)OC[C@@H](O)CO)OC(=O)CCCCCCCCC/C=C/C/C=C/CCCCC. The number of allylic oxidation sites excluding steroid dienone is 16. The van der Waals surface area contributed by atoms with Gasteiger partial charge in [-0.05, 0) is 83.5 Å². The molecule has 59 heavy (non-hydrogen) atoms. The predicted molar refractivity (Wildman–Crippen MR) is 242 cm³/mol. The van der Waals surface area contributed by atoms with Crippen LogP contribution >= 0.6 is 7.82 Å². The van der Waals surface area contributed by atoms with E-state index in [1.54, 1.807) is 0 Å². The van der Waals surface area contributed by atoms with Gasteiger partial charge in [0.2, 0.25) is 0 Å². The Hall–Kier alpha value is -3.11. The molecule has 0 amide bonds. The summed E-state index contributed by atoms with van der Waals surface area (Å²) in [5, 5.41) is 18.3. The van der Waals surface area contributed by atoms with Gasteiger partial charge in [-0.15, -0.1) is 0 Å². The maximum absolute atomic E-state index is 12.6. The number of hydrogen-bond acceptors (Lipinski definition) is 9. The van der Waals surface area contributed by atoms with Crippen LogP contribution in [0.15, 0.2) is 97.2 Å². The third-order valence-electron chi connectivity index (χ3n) is 8.74. The van der Waals surface area contributed by atoms with Crippen LogP contribution in [0.2, 0.25) is 0 Å². The summed E-state index contributed by atoms with van der Waals surface area (Å²) in [5.41, 5.74) is 0. The number of hydrogen-bond donors (Lipinski definition) is 3. The topological polar surface area (TPSA) is 149 Å². The highest BCUT2D eigenvalue weighted by Crippen LogP contribution is 2.43. The first-order valence-electron chi connectivity index (χ1n) is 22.2. The number of rotatable bonds is 40. The summed E-state index contributed by atoms with van der Waals surface area (Å²) in [4.78, 5) is 35.0. The monoisotopic (exact) mass is 847 g/mol. The number of carbonyl (C=O) groups is 2. The molecule has 0 aromatic rings. The fourth-order valence-electron chi connectivity index (χ4n) is 5.34. The zero-order valence-electron chi connectivity index (χ0n) is 36.4. The van der Waals surface area contributed by atoms with E-state index in [2.05, 4.69) is 103 Å². The molecule has 0 rings (SSSR count). The van der Waals surface area contributed by atoms with Crippen molar-refractivity contribution in [1.29, 1.82) is 0 Å². The molecule has 0 aliphatic heterocycles. The summed E-state index contributed by atoms with van der Waals surface area (Å²) in [6, 6.07) is 0. The van der Waals surface area contributed by atoms with Gasteiger partial charge in [0.05, 0.1) is 19.8 Å². The molecule has 11 heteroatoms. The lowest BCUT2D eigenvalue weighted by molar-refractivity contribution is -0.161. The highest BCUT2D eigenvalue weighted by Gasteiger charge is 2.27. The maximum Gasteiger partial charge on any atom is 0.472 e. The summed E-state index contributed by atoms with van der Waals surface area (Å²) in [6.07, 6.45) is 52.4. The summed E-state index contributed by atoms with van der Waals surface area (Å²) in [7, 11) is -4.64. The Morgan fingerprint density at radius 2 is 0.966 bits per heavy atom. The molecule has 0 saturated carbocycles. The van der Waals surface area contributed by atoms with Gasteiger partial charge in [0.1, 0.15) is 12.7 Å². The minimum atomic E-state index is -4.64. The van der Waals surface area contributed by atoms with E-state index in [0.29, 0.717) is 12.8 Å². The van der Waals surface area contributed by atoms with Gasteiger partial charge in [-0.25, -0.2) is 4.57 Å². The summed E-state index contributed by atoms with van der Waals surface area (Å²) in [5.74, 6) is -1.04. The second kappa shape index (κ2) is 43.0. The number of unbranched alkanes of at least 4 members (excludes halogenated alkanes) is 10. The number of phosphoric ester groups is 1. The molecule has 3 atom stereocenters. The van der Waals surface area contributed by atoms with E-state index in [9.17, 15) is 24.2 Å².